The monoisotopic (exact) mass is 332 g/mol. The molecule has 2 nitrogen and oxygen atoms in total. The van der Waals surface area contributed by atoms with Crippen LogP contribution in [0.5, 0.6) is 0 Å². The number of nitrogens with zero attached hydrogens (tertiary/aromatic N) is 2. The van der Waals surface area contributed by atoms with Crippen molar-refractivity contribution in [3.63, 3.8) is 0 Å². The van der Waals surface area contributed by atoms with E-state index in [-0.39, 0.29) is 0 Å². The molecule has 0 aromatic carbocycles. The zero-order valence-electron chi connectivity index (χ0n) is 16.7. The Kier molecular flexibility index (Phi) is 4.36. The molecule has 0 bridgehead atoms. The zero-order chi connectivity index (χ0) is 16.9. The van der Waals surface area contributed by atoms with Crippen LogP contribution in [-0.2, 0) is 0 Å². The fourth-order valence-electron chi connectivity index (χ4n) is 6.76. The minimum atomic E-state index is 0.983. The zero-order valence-corrected chi connectivity index (χ0v) is 16.7. The molecule has 1 saturated heterocycles. The second-order valence-corrected chi connectivity index (χ2v) is 10.8. The molecule has 3 fully saturated rings. The molecule has 0 spiro atoms. The second-order valence-electron chi connectivity index (χ2n) is 10.8. The van der Waals surface area contributed by atoms with Gasteiger partial charge in [-0.15, -0.1) is 0 Å². The molecule has 1 heterocycles. The lowest BCUT2D eigenvalue weighted by Crippen LogP contribution is -2.50. The number of likely N-dealkylation sites (N-methyl/N-ethyl adjacent to an activating group) is 2. The van der Waals surface area contributed by atoms with E-state index in [9.17, 15) is 0 Å². The minimum absolute atomic E-state index is 0.983. The summed E-state index contributed by atoms with van der Waals surface area (Å²) < 4.78 is 2.48. The van der Waals surface area contributed by atoms with Crippen LogP contribution in [0.1, 0.15) is 51.4 Å². The van der Waals surface area contributed by atoms with E-state index in [0.29, 0.717) is 0 Å². The maximum atomic E-state index is 2.58. The highest BCUT2D eigenvalue weighted by molar-refractivity contribution is 5.28. The van der Waals surface area contributed by atoms with Gasteiger partial charge in [-0.05, 0) is 50.4 Å². The third-order valence-electron chi connectivity index (χ3n) is 7.93. The maximum absolute atomic E-state index is 2.58. The van der Waals surface area contributed by atoms with Crippen molar-refractivity contribution in [3.8, 4) is 0 Å². The average molecular weight is 333 g/mol. The largest absolute Gasteiger partial charge is 0.326 e. The molecular formula is C22H40N2+2. The molecule has 24 heavy (non-hydrogen) atoms. The van der Waals surface area contributed by atoms with E-state index in [1.165, 1.54) is 82.0 Å². The van der Waals surface area contributed by atoms with E-state index in [1.807, 2.05) is 11.1 Å². The van der Waals surface area contributed by atoms with Crippen LogP contribution in [0.3, 0.4) is 0 Å². The van der Waals surface area contributed by atoms with Gasteiger partial charge in [-0.2, -0.15) is 0 Å². The molecule has 0 N–H and O–H groups in total. The standard InChI is InChI=1S/C22H40N2/c1-23(2,3)13-14-24(4)15-21-19-11-7-5-9-17(19)18-10-6-8-12-20(18)22(21)16-24/h19-22H,5-16H2,1-4H3/q+2. The predicted octanol–water partition coefficient (Wildman–Crippen LogP) is 4.08. The van der Waals surface area contributed by atoms with Crippen LogP contribution in [0, 0.1) is 23.7 Å². The summed E-state index contributed by atoms with van der Waals surface area (Å²) in [6.45, 7) is 5.64. The molecule has 0 aromatic rings. The van der Waals surface area contributed by atoms with Crippen LogP contribution in [-0.4, -0.2) is 63.3 Å². The first-order chi connectivity index (χ1) is 11.4. The maximum Gasteiger partial charge on any atom is 0.128 e. The van der Waals surface area contributed by atoms with E-state index in [0.717, 1.165) is 28.2 Å². The van der Waals surface area contributed by atoms with Gasteiger partial charge >= 0.3 is 0 Å². The van der Waals surface area contributed by atoms with Crippen LogP contribution in [0.2, 0.25) is 0 Å². The number of allylic oxidation sites excluding steroid dienone is 2. The molecule has 3 aliphatic carbocycles. The van der Waals surface area contributed by atoms with E-state index in [4.69, 9.17) is 0 Å². The van der Waals surface area contributed by atoms with Crippen molar-refractivity contribution in [1.82, 2.24) is 0 Å². The van der Waals surface area contributed by atoms with Crippen molar-refractivity contribution in [2.45, 2.75) is 51.4 Å². The van der Waals surface area contributed by atoms with Gasteiger partial charge in [0.05, 0.1) is 41.3 Å². The van der Waals surface area contributed by atoms with E-state index < -0.39 is 0 Å². The smallest absolute Gasteiger partial charge is 0.128 e. The molecule has 2 heteroatoms. The van der Waals surface area contributed by atoms with Gasteiger partial charge in [-0.3, -0.25) is 0 Å². The lowest BCUT2D eigenvalue weighted by Gasteiger charge is -2.45. The average Bonchev–Trinajstić information content (AvgIpc) is 2.92. The summed E-state index contributed by atoms with van der Waals surface area (Å²) >= 11 is 0. The Balaban J connectivity index is 1.58. The number of rotatable bonds is 3. The molecule has 0 radical (unpaired) electrons. The van der Waals surface area contributed by atoms with Crippen molar-refractivity contribution >= 4 is 0 Å². The lowest BCUT2D eigenvalue weighted by atomic mass is 9.58. The molecule has 1 aliphatic heterocycles. The van der Waals surface area contributed by atoms with E-state index in [1.54, 1.807) is 0 Å². The number of hydrogen-bond donors (Lipinski definition) is 0. The summed E-state index contributed by atoms with van der Waals surface area (Å²) in [5.41, 5.74) is 3.99. The molecule has 2 saturated carbocycles. The Morgan fingerprint density at radius 2 is 1.33 bits per heavy atom. The topological polar surface area (TPSA) is 0 Å². The fraction of sp³-hybridized carbons (Fsp3) is 0.909. The number of quaternary nitrogens is 2. The first kappa shape index (κ1) is 17.1. The number of hydrogen-bond acceptors (Lipinski definition) is 0. The molecule has 136 valence electrons. The summed E-state index contributed by atoms with van der Waals surface area (Å²) in [7, 11) is 9.65. The van der Waals surface area contributed by atoms with E-state index >= 15 is 0 Å². The number of fused-ring (bicyclic) bond motifs is 5. The van der Waals surface area contributed by atoms with Gasteiger partial charge in [0.2, 0.25) is 0 Å². The Morgan fingerprint density at radius 3 is 1.79 bits per heavy atom. The van der Waals surface area contributed by atoms with Gasteiger partial charge in [-0.1, -0.05) is 24.0 Å². The third kappa shape index (κ3) is 3.09. The summed E-state index contributed by atoms with van der Waals surface area (Å²) in [6, 6.07) is 0. The summed E-state index contributed by atoms with van der Waals surface area (Å²) in [5, 5.41) is 0. The molecule has 4 aliphatic rings. The van der Waals surface area contributed by atoms with Crippen molar-refractivity contribution < 1.29 is 8.97 Å². The van der Waals surface area contributed by atoms with Crippen LogP contribution in [0.25, 0.3) is 0 Å². The summed E-state index contributed by atoms with van der Waals surface area (Å²) in [6.07, 6.45) is 11.9. The van der Waals surface area contributed by atoms with Gasteiger partial charge in [0, 0.05) is 11.8 Å². The highest BCUT2D eigenvalue weighted by atomic mass is 15.4. The quantitative estimate of drug-likeness (QED) is 0.540. The molecule has 0 amide bonds. The highest BCUT2D eigenvalue weighted by Gasteiger charge is 2.54. The fourth-order valence-corrected chi connectivity index (χ4v) is 6.76. The molecule has 0 aromatic heterocycles. The number of likely N-dealkylation sites (tertiary alicyclic amines) is 1. The van der Waals surface area contributed by atoms with Crippen molar-refractivity contribution in [2.24, 2.45) is 23.7 Å². The predicted molar refractivity (Wildman–Crippen MR) is 102 cm³/mol. The van der Waals surface area contributed by atoms with Gasteiger partial charge < -0.3 is 8.97 Å². The first-order valence-electron chi connectivity index (χ1n) is 10.7. The van der Waals surface area contributed by atoms with Crippen LogP contribution in [0.4, 0.5) is 0 Å². The molecule has 4 unspecified atom stereocenters. The van der Waals surface area contributed by atoms with Crippen LogP contribution in [0.15, 0.2) is 11.1 Å². The second kappa shape index (κ2) is 6.13. The third-order valence-corrected chi connectivity index (χ3v) is 7.93. The van der Waals surface area contributed by atoms with Gasteiger partial charge in [0.15, 0.2) is 0 Å². The van der Waals surface area contributed by atoms with Crippen molar-refractivity contribution in [2.75, 3.05) is 54.4 Å². The summed E-state index contributed by atoms with van der Waals surface area (Å²) in [5.74, 6) is 4.00. The van der Waals surface area contributed by atoms with Crippen LogP contribution >= 0.6 is 0 Å². The van der Waals surface area contributed by atoms with Crippen LogP contribution < -0.4 is 0 Å². The Bertz CT molecular complexity index is 479. The normalized spacial score (nSPS) is 42.5. The van der Waals surface area contributed by atoms with Crippen molar-refractivity contribution in [1.29, 1.82) is 0 Å². The van der Waals surface area contributed by atoms with Crippen molar-refractivity contribution in [3.05, 3.63) is 11.1 Å². The molecule has 4 rings (SSSR count). The van der Waals surface area contributed by atoms with Gasteiger partial charge in [0.1, 0.15) is 13.1 Å². The summed E-state index contributed by atoms with van der Waals surface area (Å²) in [4.78, 5) is 0. The Morgan fingerprint density at radius 1 is 0.833 bits per heavy atom. The minimum Gasteiger partial charge on any atom is -0.326 e. The molecule has 4 atom stereocenters. The Labute approximate surface area is 150 Å². The van der Waals surface area contributed by atoms with E-state index in [2.05, 4.69) is 28.2 Å². The van der Waals surface area contributed by atoms with Gasteiger partial charge in [-0.25, -0.2) is 0 Å². The highest BCUT2D eigenvalue weighted by Crippen LogP contribution is 2.55. The Hall–Kier alpha value is -0.340. The van der Waals surface area contributed by atoms with Gasteiger partial charge in [0.25, 0.3) is 0 Å². The molecular weight excluding hydrogens is 292 g/mol. The lowest BCUT2D eigenvalue weighted by molar-refractivity contribution is -0.943. The SMILES string of the molecule is C[N+](C)(C)CC[N+]1(C)CC2C3CCCCC3=C3CCCCC3C2C1. The first-order valence-corrected chi connectivity index (χ1v) is 10.7.